The van der Waals surface area contributed by atoms with Crippen molar-refractivity contribution in [3.8, 4) is 11.8 Å². The first-order valence-corrected chi connectivity index (χ1v) is 6.70. The van der Waals surface area contributed by atoms with Gasteiger partial charge in [0.15, 0.2) is 5.69 Å². The average molecular weight is 275 g/mol. The molecule has 0 saturated heterocycles. The summed E-state index contributed by atoms with van der Waals surface area (Å²) in [6.45, 7) is 4.20. The van der Waals surface area contributed by atoms with Crippen molar-refractivity contribution in [2.24, 2.45) is 0 Å². The normalized spacial score (nSPS) is 10.7. The Balaban J connectivity index is 2.58. The summed E-state index contributed by atoms with van der Waals surface area (Å²) in [5, 5.41) is 17.9. The number of rotatable bonds is 4. The van der Waals surface area contributed by atoms with E-state index in [0.29, 0.717) is 10.7 Å². The molecule has 98 valence electrons. The van der Waals surface area contributed by atoms with Gasteiger partial charge in [0.05, 0.1) is 11.4 Å². The van der Waals surface area contributed by atoms with Crippen LogP contribution in [0.5, 0.6) is 0 Å². The first kappa shape index (κ1) is 13.6. The van der Waals surface area contributed by atoms with Gasteiger partial charge in [-0.3, -0.25) is 0 Å². The van der Waals surface area contributed by atoms with E-state index in [9.17, 15) is 5.26 Å². The van der Waals surface area contributed by atoms with Gasteiger partial charge in [-0.15, -0.1) is 5.10 Å². The van der Waals surface area contributed by atoms with Crippen molar-refractivity contribution < 1.29 is 0 Å². The lowest BCUT2D eigenvalue weighted by Crippen LogP contribution is -2.08. The van der Waals surface area contributed by atoms with Crippen LogP contribution in [0, 0.1) is 11.3 Å². The van der Waals surface area contributed by atoms with Crippen LogP contribution < -0.4 is 0 Å². The van der Waals surface area contributed by atoms with E-state index in [4.69, 9.17) is 11.6 Å². The van der Waals surface area contributed by atoms with Crippen molar-refractivity contribution in [3.63, 3.8) is 0 Å². The Hall–Kier alpha value is -1.86. The molecule has 0 aliphatic rings. The third-order valence-electron chi connectivity index (χ3n) is 3.24. The minimum atomic E-state index is 0.267. The van der Waals surface area contributed by atoms with Crippen LogP contribution in [0.15, 0.2) is 24.3 Å². The maximum absolute atomic E-state index is 9.18. The molecule has 0 aliphatic carbocycles. The highest BCUT2D eigenvalue weighted by molar-refractivity contribution is 6.30. The fourth-order valence-corrected chi connectivity index (χ4v) is 2.39. The zero-order chi connectivity index (χ0) is 13.8. The summed E-state index contributed by atoms with van der Waals surface area (Å²) in [4.78, 5) is 0. The molecule has 4 nitrogen and oxygen atoms in total. The third-order valence-corrected chi connectivity index (χ3v) is 3.47. The highest BCUT2D eigenvalue weighted by Gasteiger charge is 2.21. The number of nitriles is 1. The van der Waals surface area contributed by atoms with Crippen molar-refractivity contribution in [2.45, 2.75) is 32.6 Å². The van der Waals surface area contributed by atoms with Crippen molar-refractivity contribution >= 4 is 11.6 Å². The standard InChI is InChI=1S/C14H15ClN4/c1-3-10(4-2)14-13(9-16)17-18-19(14)12-7-5-6-11(15)8-12/h5-8,10H,3-4H2,1-2H3. The fraction of sp³-hybridized carbons (Fsp3) is 0.357. The van der Waals surface area contributed by atoms with Crippen LogP contribution in [0.25, 0.3) is 5.69 Å². The molecular formula is C14H15ClN4. The summed E-state index contributed by atoms with van der Waals surface area (Å²) in [6.07, 6.45) is 1.89. The second-order valence-electron chi connectivity index (χ2n) is 4.34. The van der Waals surface area contributed by atoms with Gasteiger partial charge in [-0.05, 0) is 31.0 Å². The van der Waals surface area contributed by atoms with Crippen LogP contribution in [0.3, 0.4) is 0 Å². The van der Waals surface area contributed by atoms with Gasteiger partial charge in [0.25, 0.3) is 0 Å². The summed E-state index contributed by atoms with van der Waals surface area (Å²) in [5.41, 5.74) is 2.10. The molecule has 0 saturated carbocycles. The van der Waals surface area contributed by atoms with Crippen LogP contribution in [0.4, 0.5) is 0 Å². The number of halogens is 1. The van der Waals surface area contributed by atoms with Gasteiger partial charge in [0.1, 0.15) is 6.07 Å². The van der Waals surface area contributed by atoms with Gasteiger partial charge in [0.2, 0.25) is 0 Å². The summed E-state index contributed by atoms with van der Waals surface area (Å²) in [7, 11) is 0. The lowest BCUT2D eigenvalue weighted by molar-refractivity contribution is 0.594. The summed E-state index contributed by atoms with van der Waals surface area (Å²) >= 11 is 6.01. The maximum atomic E-state index is 9.18. The Kier molecular flexibility index (Phi) is 4.18. The van der Waals surface area contributed by atoms with E-state index in [0.717, 1.165) is 24.2 Å². The van der Waals surface area contributed by atoms with E-state index in [1.807, 2.05) is 24.3 Å². The van der Waals surface area contributed by atoms with E-state index in [1.54, 1.807) is 4.68 Å². The summed E-state index contributed by atoms with van der Waals surface area (Å²) in [5.74, 6) is 0.267. The van der Waals surface area contributed by atoms with Crippen molar-refractivity contribution in [3.05, 3.63) is 40.7 Å². The number of nitrogens with zero attached hydrogens (tertiary/aromatic N) is 4. The molecular weight excluding hydrogens is 260 g/mol. The number of benzene rings is 1. The van der Waals surface area contributed by atoms with Gasteiger partial charge in [-0.25, -0.2) is 4.68 Å². The van der Waals surface area contributed by atoms with E-state index < -0.39 is 0 Å². The lowest BCUT2D eigenvalue weighted by atomic mass is 9.97. The molecule has 2 rings (SSSR count). The zero-order valence-electron chi connectivity index (χ0n) is 11.0. The Bertz CT molecular complexity index is 608. The highest BCUT2D eigenvalue weighted by atomic mass is 35.5. The van der Waals surface area contributed by atoms with Gasteiger partial charge in [0, 0.05) is 10.9 Å². The maximum Gasteiger partial charge on any atom is 0.186 e. The largest absolute Gasteiger partial charge is 0.216 e. The second kappa shape index (κ2) is 5.85. The Labute approximate surface area is 117 Å². The highest BCUT2D eigenvalue weighted by Crippen LogP contribution is 2.27. The third kappa shape index (κ3) is 2.61. The van der Waals surface area contributed by atoms with Crippen LogP contribution >= 0.6 is 11.6 Å². The Morgan fingerprint density at radius 2 is 2.11 bits per heavy atom. The smallest absolute Gasteiger partial charge is 0.186 e. The monoisotopic (exact) mass is 274 g/mol. The molecule has 0 amide bonds. The summed E-state index contributed by atoms with van der Waals surface area (Å²) in [6, 6.07) is 9.53. The lowest BCUT2D eigenvalue weighted by Gasteiger charge is -2.14. The molecule has 0 radical (unpaired) electrons. The van der Waals surface area contributed by atoms with E-state index in [2.05, 4.69) is 30.2 Å². The molecule has 5 heteroatoms. The Morgan fingerprint density at radius 1 is 1.37 bits per heavy atom. The average Bonchev–Trinajstić information content (AvgIpc) is 2.84. The molecule has 2 aromatic rings. The summed E-state index contributed by atoms with van der Waals surface area (Å²) < 4.78 is 1.72. The van der Waals surface area contributed by atoms with Crippen LogP contribution in [-0.4, -0.2) is 15.0 Å². The van der Waals surface area contributed by atoms with Gasteiger partial charge in [-0.1, -0.05) is 36.7 Å². The van der Waals surface area contributed by atoms with E-state index >= 15 is 0 Å². The van der Waals surface area contributed by atoms with Crippen LogP contribution in [0.1, 0.15) is 44.0 Å². The predicted octanol–water partition coefficient (Wildman–Crippen LogP) is 3.70. The minimum Gasteiger partial charge on any atom is -0.216 e. The molecule has 19 heavy (non-hydrogen) atoms. The molecule has 1 heterocycles. The zero-order valence-corrected chi connectivity index (χ0v) is 11.7. The van der Waals surface area contributed by atoms with E-state index in [-0.39, 0.29) is 5.92 Å². The molecule has 0 atom stereocenters. The molecule has 0 N–H and O–H groups in total. The second-order valence-corrected chi connectivity index (χ2v) is 4.78. The predicted molar refractivity (Wildman–Crippen MR) is 74.4 cm³/mol. The van der Waals surface area contributed by atoms with Gasteiger partial charge < -0.3 is 0 Å². The Morgan fingerprint density at radius 3 is 2.68 bits per heavy atom. The molecule has 1 aromatic heterocycles. The first-order valence-electron chi connectivity index (χ1n) is 6.32. The van der Waals surface area contributed by atoms with Crippen LogP contribution in [-0.2, 0) is 0 Å². The first-order chi connectivity index (χ1) is 9.21. The molecule has 0 bridgehead atoms. The van der Waals surface area contributed by atoms with E-state index in [1.165, 1.54) is 0 Å². The number of aromatic nitrogens is 3. The van der Waals surface area contributed by atoms with Crippen molar-refractivity contribution in [2.75, 3.05) is 0 Å². The van der Waals surface area contributed by atoms with Crippen LogP contribution in [0.2, 0.25) is 5.02 Å². The number of hydrogen-bond acceptors (Lipinski definition) is 3. The quantitative estimate of drug-likeness (QED) is 0.854. The molecule has 1 aromatic carbocycles. The number of hydrogen-bond donors (Lipinski definition) is 0. The molecule has 0 fully saturated rings. The topological polar surface area (TPSA) is 54.5 Å². The fourth-order valence-electron chi connectivity index (χ4n) is 2.21. The SMILES string of the molecule is CCC(CC)c1c(C#N)nnn1-c1cccc(Cl)c1. The van der Waals surface area contributed by atoms with Crippen molar-refractivity contribution in [1.29, 1.82) is 5.26 Å². The van der Waals surface area contributed by atoms with Crippen molar-refractivity contribution in [1.82, 2.24) is 15.0 Å². The molecule has 0 aliphatic heterocycles. The minimum absolute atomic E-state index is 0.267. The molecule has 0 spiro atoms. The molecule has 0 unspecified atom stereocenters. The van der Waals surface area contributed by atoms with Gasteiger partial charge >= 0.3 is 0 Å². The van der Waals surface area contributed by atoms with Gasteiger partial charge in [-0.2, -0.15) is 5.26 Å².